The van der Waals surface area contributed by atoms with Crippen molar-refractivity contribution in [3.63, 3.8) is 0 Å². The minimum Gasteiger partial charge on any atom is -0.490 e. The molecule has 20 heavy (non-hydrogen) atoms. The molecule has 0 saturated carbocycles. The molecule has 106 valence electrons. The van der Waals surface area contributed by atoms with E-state index in [1.54, 1.807) is 6.20 Å². The third-order valence-corrected chi connectivity index (χ3v) is 3.96. The zero-order chi connectivity index (χ0) is 14.4. The zero-order valence-electron chi connectivity index (χ0n) is 11.2. The number of nitrogens with two attached hydrogens (primary N) is 1. The fraction of sp³-hybridized carbons (Fsp3) is 0.286. The van der Waals surface area contributed by atoms with Crippen molar-refractivity contribution in [1.29, 1.82) is 0 Å². The second-order valence-electron chi connectivity index (χ2n) is 3.96. The molecule has 4 nitrogen and oxygen atoms in total. The number of aromatic nitrogens is 1. The van der Waals surface area contributed by atoms with Crippen LogP contribution in [0.1, 0.15) is 16.8 Å². The van der Waals surface area contributed by atoms with Gasteiger partial charge in [-0.2, -0.15) is 0 Å². The molecule has 0 amide bonds. The summed E-state index contributed by atoms with van der Waals surface area (Å²) in [6, 6.07) is 7.64. The fourth-order valence-corrected chi connectivity index (χ4v) is 2.56. The lowest BCUT2D eigenvalue weighted by molar-refractivity contribution is 0.279. The molecule has 0 aliphatic heterocycles. The van der Waals surface area contributed by atoms with Crippen molar-refractivity contribution in [2.45, 2.75) is 13.3 Å². The number of thiocarbonyl (C=S) groups is 1. The van der Waals surface area contributed by atoms with E-state index in [9.17, 15) is 0 Å². The summed E-state index contributed by atoms with van der Waals surface area (Å²) in [5, 5.41) is 0.960. The molecule has 2 N–H and O–H groups in total. The number of nitrogens with zero attached hydrogens (tertiary/aromatic N) is 1. The number of hydrogen-bond acceptors (Lipinski definition) is 5. The third kappa shape index (κ3) is 3.91. The summed E-state index contributed by atoms with van der Waals surface area (Å²) in [6.07, 6.45) is 2.42. The number of thiazole rings is 1. The molecule has 2 rings (SSSR count). The average Bonchev–Trinajstić information content (AvgIpc) is 2.90. The second-order valence-corrected chi connectivity index (χ2v) is 5.52. The van der Waals surface area contributed by atoms with Crippen molar-refractivity contribution in [2.75, 3.05) is 13.2 Å². The van der Waals surface area contributed by atoms with Gasteiger partial charge in [-0.25, -0.2) is 4.98 Å². The maximum Gasteiger partial charge on any atom is 0.161 e. The Balaban J connectivity index is 1.90. The molecule has 0 fully saturated rings. The minimum atomic E-state index is 0.386. The van der Waals surface area contributed by atoms with Gasteiger partial charge < -0.3 is 15.2 Å². The SMILES string of the molecule is CCOc1ccccc1OCCc1ncc(C(N)=S)s1. The van der Waals surface area contributed by atoms with Crippen LogP contribution in [-0.2, 0) is 6.42 Å². The predicted molar refractivity (Wildman–Crippen MR) is 84.8 cm³/mol. The summed E-state index contributed by atoms with van der Waals surface area (Å²) in [4.78, 5) is 5.49. The lowest BCUT2D eigenvalue weighted by Gasteiger charge is -2.10. The minimum absolute atomic E-state index is 0.386. The van der Waals surface area contributed by atoms with Crippen LogP contribution in [0.3, 0.4) is 0 Å². The van der Waals surface area contributed by atoms with Gasteiger partial charge in [-0.3, -0.25) is 0 Å². The first-order valence-corrected chi connectivity index (χ1v) is 7.52. The molecule has 2 aromatic rings. The van der Waals surface area contributed by atoms with Crippen molar-refractivity contribution in [3.05, 3.63) is 40.3 Å². The zero-order valence-corrected chi connectivity index (χ0v) is 12.8. The Morgan fingerprint density at radius 1 is 1.30 bits per heavy atom. The quantitative estimate of drug-likeness (QED) is 0.797. The van der Waals surface area contributed by atoms with Gasteiger partial charge >= 0.3 is 0 Å². The summed E-state index contributed by atoms with van der Waals surface area (Å²) < 4.78 is 11.2. The van der Waals surface area contributed by atoms with E-state index in [-0.39, 0.29) is 0 Å². The average molecular weight is 308 g/mol. The maximum atomic E-state index is 5.74. The van der Waals surface area contributed by atoms with Crippen molar-refractivity contribution < 1.29 is 9.47 Å². The Hall–Kier alpha value is -1.66. The first-order chi connectivity index (χ1) is 9.70. The number of para-hydroxylation sites is 2. The molecule has 0 unspecified atom stereocenters. The molecular formula is C14H16N2O2S2. The third-order valence-electron chi connectivity index (χ3n) is 2.52. The van der Waals surface area contributed by atoms with E-state index in [1.165, 1.54) is 11.3 Å². The van der Waals surface area contributed by atoms with Crippen molar-refractivity contribution in [2.24, 2.45) is 5.73 Å². The Kier molecular flexibility index (Phi) is 5.31. The van der Waals surface area contributed by atoms with Crippen molar-refractivity contribution in [3.8, 4) is 11.5 Å². The van der Waals surface area contributed by atoms with Gasteiger partial charge in [0.25, 0.3) is 0 Å². The van der Waals surface area contributed by atoms with Gasteiger partial charge in [0.2, 0.25) is 0 Å². The van der Waals surface area contributed by atoms with Crippen LogP contribution in [-0.4, -0.2) is 23.2 Å². The van der Waals surface area contributed by atoms with Crippen LogP contribution in [0.5, 0.6) is 11.5 Å². The van der Waals surface area contributed by atoms with Crippen LogP contribution >= 0.6 is 23.6 Å². The molecule has 0 aliphatic rings. The van der Waals surface area contributed by atoms with E-state index in [2.05, 4.69) is 4.98 Å². The van der Waals surface area contributed by atoms with Crippen molar-refractivity contribution >= 4 is 28.5 Å². The predicted octanol–water partition coefficient (Wildman–Crippen LogP) is 2.80. The first-order valence-electron chi connectivity index (χ1n) is 6.30. The van der Waals surface area contributed by atoms with Gasteiger partial charge in [0.15, 0.2) is 11.5 Å². The van der Waals surface area contributed by atoms with Crippen LogP contribution in [0.4, 0.5) is 0 Å². The number of benzene rings is 1. The fourth-order valence-electron chi connectivity index (χ4n) is 1.63. The monoisotopic (exact) mass is 308 g/mol. The van der Waals surface area contributed by atoms with Crippen LogP contribution in [0.2, 0.25) is 0 Å². The van der Waals surface area contributed by atoms with Gasteiger partial charge in [0.1, 0.15) is 4.99 Å². The van der Waals surface area contributed by atoms with Gasteiger partial charge in [0, 0.05) is 12.6 Å². The molecule has 1 aromatic heterocycles. The Morgan fingerprint density at radius 3 is 2.60 bits per heavy atom. The van der Waals surface area contributed by atoms with E-state index < -0.39 is 0 Å². The largest absolute Gasteiger partial charge is 0.490 e. The number of ether oxygens (including phenoxy) is 2. The van der Waals surface area contributed by atoms with E-state index in [4.69, 9.17) is 27.4 Å². The van der Waals surface area contributed by atoms with E-state index >= 15 is 0 Å². The molecule has 0 spiro atoms. The summed E-state index contributed by atoms with van der Waals surface area (Å²) >= 11 is 6.41. The molecule has 6 heteroatoms. The Bertz CT molecular complexity index is 584. The highest BCUT2D eigenvalue weighted by molar-refractivity contribution is 7.81. The molecule has 1 heterocycles. The smallest absolute Gasteiger partial charge is 0.161 e. The van der Waals surface area contributed by atoms with E-state index in [0.717, 1.165) is 21.4 Å². The van der Waals surface area contributed by atoms with Gasteiger partial charge in [-0.15, -0.1) is 11.3 Å². The topological polar surface area (TPSA) is 57.4 Å². The van der Waals surface area contributed by atoms with Gasteiger partial charge in [-0.1, -0.05) is 24.4 Å². The highest BCUT2D eigenvalue weighted by atomic mass is 32.1. The standard InChI is InChI=1S/C14H16N2O2S2/c1-2-17-10-5-3-4-6-11(10)18-8-7-13-16-9-12(20-13)14(15)19/h3-6,9H,2,7-8H2,1H3,(H2,15,19). The van der Waals surface area contributed by atoms with Crippen LogP contribution in [0.25, 0.3) is 0 Å². The van der Waals surface area contributed by atoms with E-state index in [0.29, 0.717) is 24.6 Å². The number of rotatable bonds is 7. The number of hydrogen-bond donors (Lipinski definition) is 1. The maximum absolute atomic E-state index is 5.74. The molecule has 0 atom stereocenters. The van der Waals surface area contributed by atoms with Crippen LogP contribution in [0.15, 0.2) is 30.5 Å². The first kappa shape index (κ1) is 14.7. The van der Waals surface area contributed by atoms with Crippen LogP contribution in [0, 0.1) is 0 Å². The Labute approximate surface area is 127 Å². The highest BCUT2D eigenvalue weighted by Gasteiger charge is 2.06. The Morgan fingerprint density at radius 2 is 2.00 bits per heavy atom. The van der Waals surface area contributed by atoms with Crippen molar-refractivity contribution in [1.82, 2.24) is 4.98 Å². The summed E-state index contributed by atoms with van der Waals surface area (Å²) in [7, 11) is 0. The summed E-state index contributed by atoms with van der Waals surface area (Å²) in [5.74, 6) is 1.51. The molecule has 0 saturated heterocycles. The lowest BCUT2D eigenvalue weighted by atomic mass is 10.3. The second kappa shape index (κ2) is 7.21. The molecule has 0 aliphatic carbocycles. The van der Waals surface area contributed by atoms with Gasteiger partial charge in [0.05, 0.1) is 23.1 Å². The summed E-state index contributed by atoms with van der Waals surface area (Å²) in [5.41, 5.74) is 5.55. The van der Waals surface area contributed by atoms with Gasteiger partial charge in [-0.05, 0) is 19.1 Å². The molecular weight excluding hydrogens is 292 g/mol. The normalized spacial score (nSPS) is 10.2. The molecule has 0 bridgehead atoms. The van der Waals surface area contributed by atoms with Crippen LogP contribution < -0.4 is 15.2 Å². The molecule has 0 radical (unpaired) electrons. The lowest BCUT2D eigenvalue weighted by Crippen LogP contribution is -2.06. The highest BCUT2D eigenvalue weighted by Crippen LogP contribution is 2.26. The molecule has 1 aromatic carbocycles. The van der Waals surface area contributed by atoms with E-state index in [1.807, 2.05) is 31.2 Å². The summed E-state index contributed by atoms with van der Waals surface area (Å²) in [6.45, 7) is 3.10.